The van der Waals surface area contributed by atoms with Gasteiger partial charge in [-0.25, -0.2) is 17.7 Å². The quantitative estimate of drug-likeness (QED) is 0.674. The molecule has 7 nitrogen and oxygen atoms in total. The molecule has 0 saturated carbocycles. The molecule has 0 spiro atoms. The van der Waals surface area contributed by atoms with Crippen LogP contribution >= 0.6 is 11.8 Å². The van der Waals surface area contributed by atoms with Crippen LogP contribution < -0.4 is 10.2 Å². The number of aromatic nitrogens is 1. The van der Waals surface area contributed by atoms with Crippen LogP contribution in [0.15, 0.2) is 46.5 Å². The van der Waals surface area contributed by atoms with Crippen LogP contribution in [0.3, 0.4) is 0 Å². The summed E-state index contributed by atoms with van der Waals surface area (Å²) in [7, 11) is -0.684. The van der Waals surface area contributed by atoms with Crippen LogP contribution in [0.4, 0.5) is 11.4 Å². The van der Waals surface area contributed by atoms with Crippen molar-refractivity contribution in [3.05, 3.63) is 42.1 Å². The fourth-order valence-electron chi connectivity index (χ4n) is 3.19. The number of thioether (sulfide) groups is 1. The van der Waals surface area contributed by atoms with Gasteiger partial charge in [-0.3, -0.25) is 4.79 Å². The van der Waals surface area contributed by atoms with Gasteiger partial charge in [0.05, 0.1) is 27.4 Å². The van der Waals surface area contributed by atoms with E-state index in [0.717, 1.165) is 46.7 Å². The Morgan fingerprint density at radius 3 is 2.52 bits per heavy atom. The molecule has 1 aliphatic heterocycles. The summed E-state index contributed by atoms with van der Waals surface area (Å²) < 4.78 is 26.3. The van der Waals surface area contributed by atoms with E-state index in [4.69, 9.17) is 0 Å². The number of sulfonamides is 1. The van der Waals surface area contributed by atoms with Crippen molar-refractivity contribution in [2.75, 3.05) is 43.2 Å². The van der Waals surface area contributed by atoms with Gasteiger partial charge in [0.1, 0.15) is 0 Å². The summed E-state index contributed by atoms with van der Waals surface area (Å²) in [5.41, 5.74) is 1.68. The Morgan fingerprint density at radius 2 is 1.93 bits per heavy atom. The molecule has 9 heteroatoms. The Hall–Kier alpha value is -2.10. The molecule has 2 aromatic rings. The molecule has 0 bridgehead atoms. The van der Waals surface area contributed by atoms with Gasteiger partial charge in [-0.1, -0.05) is 6.92 Å². The second kappa shape index (κ2) is 9.15. The molecule has 1 amide bonds. The lowest BCUT2D eigenvalue weighted by Crippen LogP contribution is -2.25. The van der Waals surface area contributed by atoms with Crippen molar-refractivity contribution in [1.29, 1.82) is 0 Å². The zero-order valence-electron chi connectivity index (χ0n) is 16.9. The van der Waals surface area contributed by atoms with Crippen LogP contribution in [-0.4, -0.2) is 56.6 Å². The lowest BCUT2D eigenvalue weighted by molar-refractivity contribution is 0.102. The van der Waals surface area contributed by atoms with Crippen molar-refractivity contribution in [3.8, 4) is 0 Å². The predicted molar refractivity (Wildman–Crippen MR) is 117 cm³/mol. The molecule has 2 heterocycles. The Balaban J connectivity index is 1.94. The zero-order valence-corrected chi connectivity index (χ0v) is 18.5. The number of amides is 1. The molecule has 0 atom stereocenters. The van der Waals surface area contributed by atoms with Gasteiger partial charge in [0, 0.05) is 32.9 Å². The highest BCUT2D eigenvalue weighted by Gasteiger charge is 2.24. The Morgan fingerprint density at radius 1 is 1.21 bits per heavy atom. The third-order valence-electron chi connectivity index (χ3n) is 4.72. The number of hydrogen-bond acceptors (Lipinski definition) is 6. The average Bonchev–Trinajstić information content (AvgIpc) is 3.23. The van der Waals surface area contributed by atoms with Gasteiger partial charge >= 0.3 is 0 Å². The first-order chi connectivity index (χ1) is 13.8. The van der Waals surface area contributed by atoms with E-state index in [-0.39, 0.29) is 10.8 Å². The number of carbonyl (C=O) groups excluding carboxylic acids is 1. The molecule has 1 aliphatic rings. The van der Waals surface area contributed by atoms with Crippen molar-refractivity contribution >= 4 is 39.1 Å². The van der Waals surface area contributed by atoms with E-state index in [1.807, 2.05) is 6.07 Å². The molecule has 3 rings (SSSR count). The fourth-order valence-corrected chi connectivity index (χ4v) is 4.70. The Bertz CT molecular complexity index is 970. The highest BCUT2D eigenvalue weighted by molar-refractivity contribution is 7.99. The molecular weight excluding hydrogens is 408 g/mol. The van der Waals surface area contributed by atoms with Gasteiger partial charge in [-0.2, -0.15) is 0 Å². The van der Waals surface area contributed by atoms with Crippen molar-refractivity contribution in [3.63, 3.8) is 0 Å². The van der Waals surface area contributed by atoms with E-state index in [1.54, 1.807) is 36.2 Å². The number of benzene rings is 1. The highest BCUT2D eigenvalue weighted by atomic mass is 32.2. The molecular formula is C20H26N4O3S2. The summed E-state index contributed by atoms with van der Waals surface area (Å²) in [4.78, 5) is 19.6. The van der Waals surface area contributed by atoms with E-state index in [9.17, 15) is 13.2 Å². The van der Waals surface area contributed by atoms with Crippen LogP contribution in [0.1, 0.15) is 30.1 Å². The molecule has 0 aliphatic carbocycles. The van der Waals surface area contributed by atoms with Crippen molar-refractivity contribution < 1.29 is 13.2 Å². The second-order valence-corrected chi connectivity index (χ2v) is 10.4. The monoisotopic (exact) mass is 434 g/mol. The van der Waals surface area contributed by atoms with Crippen LogP contribution in [-0.2, 0) is 10.0 Å². The number of nitrogens with one attached hydrogen (secondary N) is 1. The largest absolute Gasteiger partial charge is 0.371 e. The van der Waals surface area contributed by atoms with Crippen molar-refractivity contribution in [1.82, 2.24) is 9.29 Å². The minimum atomic E-state index is -3.64. The van der Waals surface area contributed by atoms with Crippen LogP contribution in [0.2, 0.25) is 0 Å². The molecule has 1 N–H and O–H groups in total. The first-order valence-corrected chi connectivity index (χ1v) is 12.0. The average molecular weight is 435 g/mol. The summed E-state index contributed by atoms with van der Waals surface area (Å²) in [6.07, 6.45) is 3.73. The summed E-state index contributed by atoms with van der Waals surface area (Å²) in [6, 6.07) is 8.43. The van der Waals surface area contributed by atoms with Gasteiger partial charge in [-0.15, -0.1) is 11.8 Å². The number of anilines is 2. The van der Waals surface area contributed by atoms with Crippen molar-refractivity contribution in [2.24, 2.45) is 0 Å². The lowest BCUT2D eigenvalue weighted by atomic mass is 10.1. The molecule has 1 aromatic carbocycles. The van der Waals surface area contributed by atoms with E-state index >= 15 is 0 Å². The SMILES string of the molecule is CCSc1ccc(NC(=O)c2cc(S(=O)(=O)N(C)C)ccc2N2CCCC2)cn1. The molecule has 0 radical (unpaired) electrons. The first kappa shape index (κ1) is 21.6. The molecule has 1 aromatic heterocycles. The second-order valence-electron chi connectivity index (χ2n) is 6.93. The Kier molecular flexibility index (Phi) is 6.81. The topological polar surface area (TPSA) is 82.6 Å². The maximum absolute atomic E-state index is 13.1. The number of hydrogen-bond donors (Lipinski definition) is 1. The summed E-state index contributed by atoms with van der Waals surface area (Å²) >= 11 is 1.62. The molecule has 0 unspecified atom stereocenters. The fraction of sp³-hybridized carbons (Fsp3) is 0.400. The molecule has 156 valence electrons. The summed E-state index contributed by atoms with van der Waals surface area (Å²) in [6.45, 7) is 3.76. The highest BCUT2D eigenvalue weighted by Crippen LogP contribution is 2.29. The van der Waals surface area contributed by atoms with Crippen molar-refractivity contribution in [2.45, 2.75) is 29.7 Å². The van der Waals surface area contributed by atoms with Gasteiger partial charge in [0.15, 0.2) is 0 Å². The Labute approximate surface area is 176 Å². The van der Waals surface area contributed by atoms with Gasteiger partial charge < -0.3 is 10.2 Å². The first-order valence-electron chi connectivity index (χ1n) is 9.54. The normalized spacial score (nSPS) is 14.4. The van der Waals surface area contributed by atoms with Crippen LogP contribution in [0, 0.1) is 0 Å². The summed E-state index contributed by atoms with van der Waals surface area (Å²) in [5, 5.41) is 3.74. The summed E-state index contributed by atoms with van der Waals surface area (Å²) in [5.74, 6) is 0.575. The standard InChI is InChI=1S/C20H26N4O3S2/c1-4-28-19-10-7-15(14-21-19)22-20(25)17-13-16(29(26,27)23(2)3)8-9-18(17)24-11-5-6-12-24/h7-10,13-14H,4-6,11-12H2,1-3H3,(H,22,25). The molecule has 29 heavy (non-hydrogen) atoms. The maximum atomic E-state index is 13.1. The minimum Gasteiger partial charge on any atom is -0.371 e. The number of rotatable bonds is 7. The van der Waals surface area contributed by atoms with E-state index in [0.29, 0.717) is 11.3 Å². The number of nitrogens with zero attached hydrogens (tertiary/aromatic N) is 3. The smallest absolute Gasteiger partial charge is 0.257 e. The van der Waals surface area contributed by atoms with Crippen LogP contribution in [0.25, 0.3) is 0 Å². The number of carbonyl (C=O) groups is 1. The predicted octanol–water partition coefficient (Wildman–Crippen LogP) is 3.30. The minimum absolute atomic E-state index is 0.100. The molecule has 1 fully saturated rings. The van der Waals surface area contributed by atoms with E-state index in [2.05, 4.69) is 22.1 Å². The maximum Gasteiger partial charge on any atom is 0.257 e. The van der Waals surface area contributed by atoms with Gasteiger partial charge in [0.25, 0.3) is 5.91 Å². The zero-order chi connectivity index (χ0) is 21.0. The van der Waals surface area contributed by atoms with E-state index in [1.165, 1.54) is 20.2 Å². The van der Waals surface area contributed by atoms with Gasteiger partial charge in [0.2, 0.25) is 10.0 Å². The third kappa shape index (κ3) is 4.91. The van der Waals surface area contributed by atoms with Crippen LogP contribution in [0.5, 0.6) is 0 Å². The van der Waals surface area contributed by atoms with E-state index < -0.39 is 10.0 Å². The number of pyridine rings is 1. The lowest BCUT2D eigenvalue weighted by Gasteiger charge is -2.22. The van der Waals surface area contributed by atoms with Gasteiger partial charge in [-0.05, 0) is 48.9 Å². The third-order valence-corrected chi connectivity index (χ3v) is 7.36. The molecule has 1 saturated heterocycles.